The van der Waals surface area contributed by atoms with Crippen molar-refractivity contribution < 1.29 is 14.3 Å². The van der Waals surface area contributed by atoms with Gasteiger partial charge in [-0.1, -0.05) is 25.6 Å². The maximum absolute atomic E-state index is 12.8. The van der Waals surface area contributed by atoms with Crippen LogP contribution in [0.4, 0.5) is 5.82 Å². The van der Waals surface area contributed by atoms with Crippen molar-refractivity contribution in [3.8, 4) is 22.8 Å². The van der Waals surface area contributed by atoms with Gasteiger partial charge in [0.05, 0.1) is 38.0 Å². The summed E-state index contributed by atoms with van der Waals surface area (Å²) in [4.78, 5) is 22.1. The van der Waals surface area contributed by atoms with Crippen LogP contribution < -0.4 is 20.1 Å². The van der Waals surface area contributed by atoms with E-state index in [9.17, 15) is 4.79 Å². The summed E-state index contributed by atoms with van der Waals surface area (Å²) in [5, 5.41) is 19.4. The predicted octanol–water partition coefficient (Wildman–Crippen LogP) is 3.60. The second-order valence-corrected chi connectivity index (χ2v) is 9.04. The Morgan fingerprint density at radius 3 is 2.75 bits per heavy atom. The molecule has 11 nitrogen and oxygen atoms in total. The van der Waals surface area contributed by atoms with Crippen LogP contribution in [0.5, 0.6) is 11.5 Å². The number of amides is 1. The van der Waals surface area contributed by atoms with Crippen LogP contribution >= 0.6 is 11.8 Å². The third kappa shape index (κ3) is 5.54. The zero-order chi connectivity index (χ0) is 25.5. The van der Waals surface area contributed by atoms with Crippen LogP contribution in [0.15, 0.2) is 35.6 Å². The highest BCUT2D eigenvalue weighted by Gasteiger charge is 2.16. The second-order valence-electron chi connectivity index (χ2n) is 7.81. The molecule has 0 atom stereocenters. The zero-order valence-corrected chi connectivity index (χ0v) is 21.6. The van der Waals surface area contributed by atoms with E-state index in [2.05, 4.69) is 49.7 Å². The van der Waals surface area contributed by atoms with Crippen molar-refractivity contribution >= 4 is 34.5 Å². The van der Waals surface area contributed by atoms with Gasteiger partial charge < -0.3 is 20.1 Å². The number of rotatable bonds is 12. The van der Waals surface area contributed by atoms with Gasteiger partial charge in [-0.2, -0.15) is 10.2 Å². The van der Waals surface area contributed by atoms with Crippen LogP contribution in [0, 0.1) is 0 Å². The van der Waals surface area contributed by atoms with Gasteiger partial charge >= 0.3 is 0 Å². The topological polar surface area (TPSA) is 132 Å². The van der Waals surface area contributed by atoms with Crippen LogP contribution in [0.3, 0.4) is 0 Å². The number of carbonyl (C=O) groups excluding carboxylic acids is 1. The summed E-state index contributed by atoms with van der Waals surface area (Å²) >= 11 is 1.58. The van der Waals surface area contributed by atoms with Crippen molar-refractivity contribution in [1.29, 1.82) is 0 Å². The van der Waals surface area contributed by atoms with E-state index in [1.807, 2.05) is 6.07 Å². The maximum Gasteiger partial charge on any atom is 0.269 e. The van der Waals surface area contributed by atoms with Crippen molar-refractivity contribution in [2.24, 2.45) is 0 Å². The number of nitrogens with one attached hydrogen (secondary N) is 3. The number of anilines is 1. The van der Waals surface area contributed by atoms with Gasteiger partial charge in [-0.05, 0) is 36.4 Å². The quantitative estimate of drug-likeness (QED) is 0.193. The van der Waals surface area contributed by atoms with Gasteiger partial charge in [0, 0.05) is 18.7 Å². The van der Waals surface area contributed by atoms with E-state index in [1.165, 1.54) is 0 Å². The number of hydrogen-bond acceptors (Lipinski definition) is 9. The highest BCUT2D eigenvalue weighted by atomic mass is 32.2. The molecular weight excluding hydrogens is 480 g/mol. The number of nitrogens with zero attached hydrogens (tertiary/aromatic N) is 5. The molecule has 0 saturated carbocycles. The number of aromatic amines is 1. The first-order valence-corrected chi connectivity index (χ1v) is 12.7. The molecule has 0 unspecified atom stereocenters. The van der Waals surface area contributed by atoms with E-state index in [1.54, 1.807) is 55.1 Å². The van der Waals surface area contributed by atoms with E-state index >= 15 is 0 Å². The van der Waals surface area contributed by atoms with Gasteiger partial charge in [0.25, 0.3) is 5.91 Å². The molecule has 3 aromatic heterocycles. The maximum atomic E-state index is 12.8. The van der Waals surface area contributed by atoms with Gasteiger partial charge in [-0.25, -0.2) is 14.6 Å². The molecule has 12 heteroatoms. The molecule has 4 aromatic rings. The van der Waals surface area contributed by atoms with Gasteiger partial charge in [0.1, 0.15) is 23.0 Å². The number of benzene rings is 1. The Morgan fingerprint density at radius 2 is 2.00 bits per heavy atom. The van der Waals surface area contributed by atoms with E-state index in [0.29, 0.717) is 41.1 Å². The van der Waals surface area contributed by atoms with Crippen molar-refractivity contribution in [3.05, 3.63) is 36.2 Å². The molecule has 1 aromatic carbocycles. The van der Waals surface area contributed by atoms with Gasteiger partial charge in [0.15, 0.2) is 10.8 Å². The first-order valence-electron chi connectivity index (χ1n) is 11.7. The number of methoxy groups -OCH3 is 2. The summed E-state index contributed by atoms with van der Waals surface area (Å²) in [7, 11) is 3.18. The lowest BCUT2D eigenvalue weighted by molar-refractivity contribution is 0.0947. The molecule has 0 aliphatic rings. The molecule has 1 amide bonds. The average Bonchev–Trinajstić information content (AvgIpc) is 3.55. The summed E-state index contributed by atoms with van der Waals surface area (Å²) in [5.74, 6) is 2.69. The Bertz CT molecular complexity index is 1340. The second kappa shape index (κ2) is 11.8. The Balaban J connectivity index is 1.45. The fourth-order valence-electron chi connectivity index (χ4n) is 3.63. The zero-order valence-electron chi connectivity index (χ0n) is 20.8. The number of H-pyrrole nitrogens is 1. The first-order chi connectivity index (χ1) is 17.6. The third-order valence-corrected chi connectivity index (χ3v) is 6.14. The lowest BCUT2D eigenvalue weighted by atomic mass is 10.1. The Hall–Kier alpha value is -3.80. The van der Waals surface area contributed by atoms with Crippen LogP contribution in [0.2, 0.25) is 0 Å². The molecule has 4 rings (SSSR count). The summed E-state index contributed by atoms with van der Waals surface area (Å²) in [5.41, 5.74) is 2.39. The molecule has 3 N–H and O–H groups in total. The van der Waals surface area contributed by atoms with Crippen LogP contribution in [-0.4, -0.2) is 68.9 Å². The molecule has 0 spiro atoms. The van der Waals surface area contributed by atoms with Crippen molar-refractivity contribution in [2.45, 2.75) is 32.0 Å². The SMILES string of the molecule is CCCNc1nc(SCC)nc2c1cnn2CCNC(=O)c1cc(-c2cc(OC)ccc2OC)n[nH]1. The highest BCUT2D eigenvalue weighted by molar-refractivity contribution is 7.99. The first kappa shape index (κ1) is 25.3. The van der Waals surface area contributed by atoms with Gasteiger partial charge in [-0.15, -0.1) is 0 Å². The third-order valence-electron chi connectivity index (χ3n) is 5.41. The Labute approximate surface area is 213 Å². The molecule has 3 heterocycles. The standard InChI is InChI=1S/C24H30N8O3S/c1-5-9-25-21-17-14-27-32(22(17)29-24(28-21)36-6-2)11-10-26-23(33)19-13-18(30-31-19)16-12-15(34-3)7-8-20(16)35-4/h7-8,12-14H,5-6,9-11H2,1-4H3,(H,26,33)(H,30,31)(H,25,28,29). The monoisotopic (exact) mass is 510 g/mol. The Kier molecular flexibility index (Phi) is 8.26. The number of thioether (sulfide) groups is 1. The molecule has 0 radical (unpaired) electrons. The van der Waals surface area contributed by atoms with E-state index in [0.717, 1.165) is 41.1 Å². The van der Waals surface area contributed by atoms with Crippen molar-refractivity contribution in [2.75, 3.05) is 38.4 Å². The minimum Gasteiger partial charge on any atom is -0.497 e. The van der Waals surface area contributed by atoms with Crippen LogP contribution in [0.1, 0.15) is 30.8 Å². The average molecular weight is 511 g/mol. The molecule has 0 aliphatic heterocycles. The van der Waals surface area contributed by atoms with Gasteiger partial charge in [-0.3, -0.25) is 9.89 Å². The Morgan fingerprint density at radius 1 is 1.14 bits per heavy atom. The number of ether oxygens (including phenoxy) is 2. The van der Waals surface area contributed by atoms with Crippen LogP contribution in [-0.2, 0) is 6.54 Å². The van der Waals surface area contributed by atoms with Crippen molar-refractivity contribution in [3.63, 3.8) is 0 Å². The number of carbonyl (C=O) groups is 1. The summed E-state index contributed by atoms with van der Waals surface area (Å²) in [6.45, 7) is 5.81. The molecule has 36 heavy (non-hydrogen) atoms. The lowest BCUT2D eigenvalue weighted by Crippen LogP contribution is -2.27. The summed E-state index contributed by atoms with van der Waals surface area (Å²) in [6.07, 6.45) is 2.75. The largest absolute Gasteiger partial charge is 0.497 e. The van der Waals surface area contributed by atoms with Gasteiger partial charge in [0.2, 0.25) is 0 Å². The number of fused-ring (bicyclic) bond motifs is 1. The molecule has 0 bridgehead atoms. The summed E-state index contributed by atoms with van der Waals surface area (Å²) < 4.78 is 12.5. The van der Waals surface area contributed by atoms with E-state index < -0.39 is 0 Å². The fourth-order valence-corrected chi connectivity index (χ4v) is 4.20. The fraction of sp³-hybridized carbons (Fsp3) is 0.375. The molecule has 0 saturated heterocycles. The molecular formula is C24H30N8O3S. The van der Waals surface area contributed by atoms with E-state index in [4.69, 9.17) is 9.47 Å². The van der Waals surface area contributed by atoms with Crippen molar-refractivity contribution in [1.82, 2.24) is 35.3 Å². The molecule has 190 valence electrons. The highest BCUT2D eigenvalue weighted by Crippen LogP contribution is 2.32. The number of aromatic nitrogens is 6. The minimum absolute atomic E-state index is 0.269. The molecule has 0 fully saturated rings. The minimum atomic E-state index is -0.269. The summed E-state index contributed by atoms with van der Waals surface area (Å²) in [6, 6.07) is 7.10. The molecule has 0 aliphatic carbocycles. The van der Waals surface area contributed by atoms with E-state index in [-0.39, 0.29) is 5.91 Å². The lowest BCUT2D eigenvalue weighted by Gasteiger charge is -2.09. The van der Waals surface area contributed by atoms with Crippen LogP contribution in [0.25, 0.3) is 22.3 Å². The smallest absolute Gasteiger partial charge is 0.269 e. The number of hydrogen-bond donors (Lipinski definition) is 3. The predicted molar refractivity (Wildman–Crippen MR) is 140 cm³/mol. The normalized spacial score (nSPS) is 11.0.